The number of nitrogens with zero attached hydrogens (tertiary/aromatic N) is 3. The Kier molecular flexibility index (Phi) is 6.78. The highest BCUT2D eigenvalue weighted by Gasteiger charge is 2.21. The first kappa shape index (κ1) is 20.1. The van der Waals surface area contributed by atoms with Gasteiger partial charge in [-0.1, -0.05) is 37.3 Å². The number of ether oxygens (including phenoxy) is 2. The minimum atomic E-state index is -1.16. The van der Waals surface area contributed by atoms with Gasteiger partial charge in [0.05, 0.1) is 12.1 Å². The molecule has 0 radical (unpaired) electrons. The van der Waals surface area contributed by atoms with Crippen LogP contribution in [0.15, 0.2) is 22.7 Å². The van der Waals surface area contributed by atoms with Crippen LogP contribution in [0.2, 0.25) is 30.7 Å². The van der Waals surface area contributed by atoms with Gasteiger partial charge in [0.25, 0.3) is 0 Å². The molecule has 0 aliphatic heterocycles. The largest absolute Gasteiger partial charge is 0.464 e. The van der Waals surface area contributed by atoms with E-state index in [1.54, 1.807) is 12.1 Å². The molecule has 0 aliphatic rings. The fourth-order valence-electron chi connectivity index (χ4n) is 2.00. The van der Waals surface area contributed by atoms with Crippen LogP contribution in [0.1, 0.15) is 10.5 Å². The van der Waals surface area contributed by atoms with Crippen LogP contribution in [0.3, 0.4) is 0 Å². The van der Waals surface area contributed by atoms with Crippen molar-refractivity contribution < 1.29 is 14.3 Å². The summed E-state index contributed by atoms with van der Waals surface area (Å²) in [6, 6.07) is 6.37. The van der Waals surface area contributed by atoms with E-state index in [0.717, 1.165) is 10.5 Å². The van der Waals surface area contributed by atoms with Crippen LogP contribution >= 0.6 is 27.5 Å². The molecule has 1 heterocycles. The second-order valence-electron chi connectivity index (χ2n) is 6.74. The minimum Gasteiger partial charge on any atom is -0.464 e. The van der Waals surface area contributed by atoms with E-state index in [1.807, 2.05) is 6.07 Å². The number of halogens is 2. The molecule has 136 valence electrons. The van der Waals surface area contributed by atoms with Crippen LogP contribution in [0, 0.1) is 0 Å². The molecule has 1 aromatic heterocycles. The molecule has 1 aromatic carbocycles. The van der Waals surface area contributed by atoms with Crippen molar-refractivity contribution in [2.45, 2.75) is 32.4 Å². The summed E-state index contributed by atoms with van der Waals surface area (Å²) in [7, 11) is 0.152. The SMILES string of the molecule is COC(=O)c1nn(COCC[Si](C)(C)C)nc1-c1ccc(Br)c(Cl)c1. The number of hydrogen-bond acceptors (Lipinski definition) is 5. The van der Waals surface area contributed by atoms with Crippen LogP contribution in [0.4, 0.5) is 0 Å². The van der Waals surface area contributed by atoms with Crippen molar-refractivity contribution in [3.63, 3.8) is 0 Å². The van der Waals surface area contributed by atoms with Crippen LogP contribution in [0.5, 0.6) is 0 Å². The molecule has 9 heteroatoms. The number of carbonyl (C=O) groups excluding carboxylic acids is 1. The highest BCUT2D eigenvalue weighted by atomic mass is 79.9. The number of methoxy groups -OCH3 is 1. The van der Waals surface area contributed by atoms with Crippen molar-refractivity contribution in [2.24, 2.45) is 0 Å². The highest BCUT2D eigenvalue weighted by Crippen LogP contribution is 2.29. The van der Waals surface area contributed by atoms with E-state index in [2.05, 4.69) is 45.8 Å². The lowest BCUT2D eigenvalue weighted by Gasteiger charge is -2.14. The quantitative estimate of drug-likeness (QED) is 0.357. The summed E-state index contributed by atoms with van der Waals surface area (Å²) >= 11 is 9.49. The standard InChI is InChI=1S/C16H21BrClN3O3Si/c1-23-16(22)15-14(11-5-6-12(17)13(18)9-11)19-21(20-15)10-24-7-8-25(2,3)4/h5-6,9H,7-8,10H2,1-4H3. The Morgan fingerprint density at radius 2 is 2.04 bits per heavy atom. The molecule has 0 atom stereocenters. The normalized spacial score (nSPS) is 11.6. The summed E-state index contributed by atoms with van der Waals surface area (Å²) in [4.78, 5) is 13.4. The number of hydrogen-bond donors (Lipinski definition) is 0. The van der Waals surface area contributed by atoms with Crippen LogP contribution in [-0.4, -0.2) is 42.8 Å². The predicted octanol–water partition coefficient (Wildman–Crippen LogP) is 4.46. The minimum absolute atomic E-state index is 0.134. The van der Waals surface area contributed by atoms with Gasteiger partial charge in [0, 0.05) is 24.7 Å². The molecule has 25 heavy (non-hydrogen) atoms. The van der Waals surface area contributed by atoms with Gasteiger partial charge in [-0.25, -0.2) is 4.79 Å². The van der Waals surface area contributed by atoms with Crippen LogP contribution < -0.4 is 0 Å². The third-order valence-electron chi connectivity index (χ3n) is 3.43. The van der Waals surface area contributed by atoms with E-state index in [4.69, 9.17) is 21.1 Å². The Hall–Kier alpha value is -1.22. The lowest BCUT2D eigenvalue weighted by atomic mass is 10.1. The summed E-state index contributed by atoms with van der Waals surface area (Å²) < 4.78 is 11.2. The first-order chi connectivity index (χ1) is 11.7. The molecule has 6 nitrogen and oxygen atoms in total. The molecule has 0 saturated heterocycles. The summed E-state index contributed by atoms with van der Waals surface area (Å²) in [5, 5.41) is 9.10. The number of carbonyl (C=O) groups is 1. The van der Waals surface area contributed by atoms with Crippen molar-refractivity contribution in [3.8, 4) is 11.3 Å². The van der Waals surface area contributed by atoms with Crippen molar-refractivity contribution in [2.75, 3.05) is 13.7 Å². The number of esters is 1. The van der Waals surface area contributed by atoms with Gasteiger partial charge >= 0.3 is 5.97 Å². The van der Waals surface area contributed by atoms with E-state index in [0.29, 0.717) is 22.9 Å². The van der Waals surface area contributed by atoms with E-state index in [9.17, 15) is 4.79 Å². The van der Waals surface area contributed by atoms with E-state index >= 15 is 0 Å². The first-order valence-electron chi connectivity index (χ1n) is 7.78. The van der Waals surface area contributed by atoms with E-state index in [1.165, 1.54) is 11.9 Å². The molecular formula is C16H21BrClN3O3Si. The maximum atomic E-state index is 12.0. The van der Waals surface area contributed by atoms with E-state index < -0.39 is 14.0 Å². The van der Waals surface area contributed by atoms with Gasteiger partial charge in [0.1, 0.15) is 5.69 Å². The molecular weight excluding hydrogens is 426 g/mol. The molecule has 0 aliphatic carbocycles. The first-order valence-corrected chi connectivity index (χ1v) is 12.7. The molecule has 0 bridgehead atoms. The Morgan fingerprint density at radius 3 is 2.64 bits per heavy atom. The third-order valence-corrected chi connectivity index (χ3v) is 6.37. The predicted molar refractivity (Wildman–Crippen MR) is 104 cm³/mol. The van der Waals surface area contributed by atoms with Gasteiger partial charge in [0.15, 0.2) is 12.4 Å². The fourth-order valence-corrected chi connectivity index (χ4v) is 3.19. The molecule has 0 N–H and O–H groups in total. The van der Waals surface area contributed by atoms with Gasteiger partial charge in [-0.3, -0.25) is 0 Å². The summed E-state index contributed by atoms with van der Waals surface area (Å²) in [5.41, 5.74) is 1.23. The summed E-state index contributed by atoms with van der Waals surface area (Å²) in [5.74, 6) is -0.553. The fraction of sp³-hybridized carbons (Fsp3) is 0.438. The average Bonchev–Trinajstić information content (AvgIpc) is 2.97. The van der Waals surface area contributed by atoms with Crippen molar-refractivity contribution in [1.82, 2.24) is 15.0 Å². The van der Waals surface area contributed by atoms with Gasteiger partial charge in [-0.05, 0) is 34.1 Å². The Bertz CT molecular complexity index is 762. The molecule has 0 amide bonds. The summed E-state index contributed by atoms with van der Waals surface area (Å²) in [6.45, 7) is 7.68. The second kappa shape index (κ2) is 8.44. The Morgan fingerprint density at radius 1 is 1.32 bits per heavy atom. The van der Waals surface area contributed by atoms with Gasteiger partial charge < -0.3 is 9.47 Å². The second-order valence-corrected chi connectivity index (χ2v) is 13.6. The maximum Gasteiger partial charge on any atom is 0.360 e. The molecule has 0 fully saturated rings. The Labute approximate surface area is 161 Å². The molecule has 2 aromatic rings. The third kappa shape index (κ3) is 5.63. The molecule has 0 unspecified atom stereocenters. The smallest absolute Gasteiger partial charge is 0.360 e. The zero-order valence-corrected chi connectivity index (χ0v) is 18.0. The van der Waals surface area contributed by atoms with Crippen LogP contribution in [0.25, 0.3) is 11.3 Å². The van der Waals surface area contributed by atoms with Crippen LogP contribution in [-0.2, 0) is 16.2 Å². The van der Waals surface area contributed by atoms with Crippen molar-refractivity contribution in [3.05, 3.63) is 33.4 Å². The number of benzene rings is 1. The van der Waals surface area contributed by atoms with Crippen molar-refractivity contribution >= 4 is 41.6 Å². The Balaban J connectivity index is 2.22. The van der Waals surface area contributed by atoms with Gasteiger partial charge in [-0.2, -0.15) is 9.90 Å². The lowest BCUT2D eigenvalue weighted by molar-refractivity contribution is 0.0575. The molecule has 0 saturated carbocycles. The summed E-state index contributed by atoms with van der Waals surface area (Å²) in [6.07, 6.45) is 0. The topological polar surface area (TPSA) is 66.2 Å². The van der Waals surface area contributed by atoms with Gasteiger partial charge in [0.2, 0.25) is 0 Å². The zero-order valence-electron chi connectivity index (χ0n) is 14.7. The zero-order chi connectivity index (χ0) is 18.6. The molecule has 0 spiro atoms. The number of rotatable bonds is 7. The highest BCUT2D eigenvalue weighted by molar-refractivity contribution is 9.10. The average molecular weight is 447 g/mol. The van der Waals surface area contributed by atoms with E-state index in [-0.39, 0.29) is 12.4 Å². The maximum absolute atomic E-state index is 12.0. The molecule has 2 rings (SSSR count). The monoisotopic (exact) mass is 445 g/mol. The van der Waals surface area contributed by atoms with Gasteiger partial charge in [-0.15, -0.1) is 5.10 Å². The lowest BCUT2D eigenvalue weighted by Crippen LogP contribution is -2.22. The van der Waals surface area contributed by atoms with Crippen molar-refractivity contribution in [1.29, 1.82) is 0 Å². The number of aromatic nitrogens is 3.